The van der Waals surface area contributed by atoms with Crippen molar-refractivity contribution in [2.24, 2.45) is 4.99 Å². The minimum atomic E-state index is -4.35. The molecule has 168 valence electrons. The standard InChI is InChI=1S/C18H22F5N5O.HI/c1-2-24-17(27-10-15-25-7-8-28(15)16(19)20)26-9-13-3-5-14(6-4-13)11-29-12-18(21,22)23;/h3-8,16H,2,9-12H2,1H3,(H2,24,26,27);1H. The molecule has 0 atom stereocenters. The first kappa shape index (κ1) is 26.1. The highest BCUT2D eigenvalue weighted by atomic mass is 127. The minimum absolute atomic E-state index is 0. The fourth-order valence-electron chi connectivity index (χ4n) is 2.36. The van der Waals surface area contributed by atoms with E-state index in [1.807, 2.05) is 6.92 Å². The van der Waals surface area contributed by atoms with Gasteiger partial charge in [-0.2, -0.15) is 22.0 Å². The van der Waals surface area contributed by atoms with Gasteiger partial charge in [-0.05, 0) is 18.1 Å². The average molecular weight is 547 g/mol. The number of alkyl halides is 5. The van der Waals surface area contributed by atoms with Gasteiger partial charge in [0.1, 0.15) is 12.4 Å². The summed E-state index contributed by atoms with van der Waals surface area (Å²) in [5, 5.41) is 5.94. The van der Waals surface area contributed by atoms with Gasteiger partial charge in [0.2, 0.25) is 0 Å². The van der Waals surface area contributed by atoms with E-state index in [9.17, 15) is 22.0 Å². The van der Waals surface area contributed by atoms with Crippen LogP contribution >= 0.6 is 24.0 Å². The van der Waals surface area contributed by atoms with Gasteiger partial charge in [0.15, 0.2) is 5.96 Å². The summed E-state index contributed by atoms with van der Waals surface area (Å²) < 4.78 is 67.3. The SMILES string of the molecule is CCNC(=NCc1ccc(COCC(F)(F)F)cc1)NCc1nccn1C(F)F.I. The molecule has 2 rings (SSSR count). The summed E-state index contributed by atoms with van der Waals surface area (Å²) in [4.78, 5) is 8.26. The molecule has 1 aromatic heterocycles. The van der Waals surface area contributed by atoms with Crippen molar-refractivity contribution in [3.63, 3.8) is 0 Å². The molecular formula is C18H23F5IN5O. The van der Waals surface area contributed by atoms with Gasteiger partial charge in [-0.15, -0.1) is 24.0 Å². The summed E-state index contributed by atoms with van der Waals surface area (Å²) in [6.07, 6.45) is -1.85. The Kier molecular flexibility index (Phi) is 11.0. The zero-order valence-electron chi connectivity index (χ0n) is 16.1. The van der Waals surface area contributed by atoms with E-state index in [2.05, 4.69) is 25.3 Å². The van der Waals surface area contributed by atoms with Crippen LogP contribution in [0.3, 0.4) is 0 Å². The molecule has 6 nitrogen and oxygen atoms in total. The number of halogens is 6. The van der Waals surface area contributed by atoms with Crippen LogP contribution in [-0.4, -0.2) is 34.8 Å². The van der Waals surface area contributed by atoms with E-state index in [1.165, 1.54) is 12.4 Å². The zero-order valence-corrected chi connectivity index (χ0v) is 18.5. The highest BCUT2D eigenvalue weighted by Crippen LogP contribution is 2.16. The van der Waals surface area contributed by atoms with Gasteiger partial charge in [0.05, 0.1) is 19.7 Å². The van der Waals surface area contributed by atoms with Crippen molar-refractivity contribution in [3.05, 3.63) is 53.6 Å². The van der Waals surface area contributed by atoms with Gasteiger partial charge in [-0.25, -0.2) is 9.98 Å². The largest absolute Gasteiger partial charge is 0.411 e. The first-order valence-corrected chi connectivity index (χ1v) is 8.83. The van der Waals surface area contributed by atoms with Gasteiger partial charge in [-0.1, -0.05) is 24.3 Å². The monoisotopic (exact) mass is 547 g/mol. The second-order valence-electron chi connectivity index (χ2n) is 6.00. The number of benzene rings is 1. The lowest BCUT2D eigenvalue weighted by atomic mass is 10.1. The highest BCUT2D eigenvalue weighted by molar-refractivity contribution is 14.0. The summed E-state index contributed by atoms with van der Waals surface area (Å²) in [7, 11) is 0. The lowest BCUT2D eigenvalue weighted by molar-refractivity contribution is -0.176. The summed E-state index contributed by atoms with van der Waals surface area (Å²) in [6.45, 7) is -1.30. The molecule has 1 aromatic carbocycles. The average Bonchev–Trinajstić information content (AvgIpc) is 3.13. The fourth-order valence-corrected chi connectivity index (χ4v) is 2.36. The second kappa shape index (κ2) is 12.7. The van der Waals surface area contributed by atoms with Gasteiger partial charge in [0, 0.05) is 18.9 Å². The lowest BCUT2D eigenvalue weighted by Crippen LogP contribution is -2.37. The topological polar surface area (TPSA) is 63.5 Å². The van der Waals surface area contributed by atoms with Crippen molar-refractivity contribution in [1.29, 1.82) is 0 Å². The van der Waals surface area contributed by atoms with Crippen LogP contribution in [0, 0.1) is 0 Å². The molecule has 0 saturated carbocycles. The van der Waals surface area contributed by atoms with Crippen LogP contribution in [0.2, 0.25) is 0 Å². The molecular weight excluding hydrogens is 524 g/mol. The maximum Gasteiger partial charge on any atom is 0.411 e. The summed E-state index contributed by atoms with van der Waals surface area (Å²) in [5.41, 5.74) is 1.45. The van der Waals surface area contributed by atoms with Crippen molar-refractivity contribution in [2.45, 2.75) is 39.3 Å². The third-order valence-electron chi connectivity index (χ3n) is 3.69. The molecule has 0 saturated heterocycles. The van der Waals surface area contributed by atoms with Crippen LogP contribution in [0.4, 0.5) is 22.0 Å². The molecule has 0 fully saturated rings. The van der Waals surface area contributed by atoms with Crippen LogP contribution in [0.15, 0.2) is 41.7 Å². The zero-order chi connectivity index (χ0) is 21.3. The Morgan fingerprint density at radius 1 is 1.17 bits per heavy atom. The van der Waals surface area contributed by atoms with Crippen molar-refractivity contribution < 1.29 is 26.7 Å². The van der Waals surface area contributed by atoms with Crippen molar-refractivity contribution in [1.82, 2.24) is 20.2 Å². The normalized spacial score (nSPS) is 12.0. The Morgan fingerprint density at radius 3 is 2.43 bits per heavy atom. The summed E-state index contributed by atoms with van der Waals surface area (Å²) >= 11 is 0. The predicted molar refractivity (Wildman–Crippen MR) is 113 cm³/mol. The van der Waals surface area contributed by atoms with Crippen LogP contribution in [0.1, 0.15) is 30.4 Å². The van der Waals surface area contributed by atoms with E-state index in [0.29, 0.717) is 24.6 Å². The smallest absolute Gasteiger partial charge is 0.367 e. The third-order valence-corrected chi connectivity index (χ3v) is 3.69. The molecule has 2 N–H and O–H groups in total. The fraction of sp³-hybridized carbons (Fsp3) is 0.444. The number of hydrogen-bond donors (Lipinski definition) is 2. The Hall–Kier alpha value is -1.96. The second-order valence-corrected chi connectivity index (χ2v) is 6.00. The maximum absolute atomic E-state index is 12.9. The third kappa shape index (κ3) is 9.24. The van der Waals surface area contributed by atoms with E-state index in [1.54, 1.807) is 24.3 Å². The van der Waals surface area contributed by atoms with Crippen molar-refractivity contribution in [2.75, 3.05) is 13.2 Å². The Morgan fingerprint density at radius 2 is 1.83 bits per heavy atom. The molecule has 0 aliphatic rings. The number of nitrogens with one attached hydrogen (secondary N) is 2. The molecule has 0 spiro atoms. The van der Waals surface area contributed by atoms with Gasteiger partial charge < -0.3 is 15.4 Å². The number of hydrogen-bond acceptors (Lipinski definition) is 3. The molecule has 12 heteroatoms. The minimum Gasteiger partial charge on any atom is -0.367 e. The van der Waals surface area contributed by atoms with Gasteiger partial charge in [-0.3, -0.25) is 4.57 Å². The van der Waals surface area contributed by atoms with Crippen LogP contribution < -0.4 is 10.6 Å². The summed E-state index contributed by atoms with van der Waals surface area (Å²) in [6, 6.07) is 6.81. The van der Waals surface area contributed by atoms with Gasteiger partial charge in [0.25, 0.3) is 0 Å². The van der Waals surface area contributed by atoms with E-state index in [-0.39, 0.29) is 43.0 Å². The number of imidazole rings is 1. The van der Waals surface area contributed by atoms with E-state index < -0.39 is 19.3 Å². The first-order valence-electron chi connectivity index (χ1n) is 8.83. The van der Waals surface area contributed by atoms with Gasteiger partial charge >= 0.3 is 12.7 Å². The van der Waals surface area contributed by atoms with Crippen molar-refractivity contribution in [3.8, 4) is 0 Å². The Labute approximate surface area is 187 Å². The quantitative estimate of drug-likeness (QED) is 0.214. The predicted octanol–water partition coefficient (Wildman–Crippen LogP) is 4.23. The molecule has 1 heterocycles. The molecule has 30 heavy (non-hydrogen) atoms. The van der Waals surface area contributed by atoms with Crippen LogP contribution in [-0.2, 0) is 24.4 Å². The molecule has 0 aliphatic heterocycles. The summed E-state index contributed by atoms with van der Waals surface area (Å²) in [5.74, 6) is 0.600. The number of aromatic nitrogens is 2. The van der Waals surface area contributed by atoms with E-state index >= 15 is 0 Å². The highest BCUT2D eigenvalue weighted by Gasteiger charge is 2.27. The van der Waals surface area contributed by atoms with Crippen LogP contribution in [0.5, 0.6) is 0 Å². The number of guanidine groups is 1. The van der Waals surface area contributed by atoms with E-state index in [0.717, 1.165) is 10.1 Å². The van der Waals surface area contributed by atoms with E-state index in [4.69, 9.17) is 0 Å². The molecule has 0 bridgehead atoms. The number of ether oxygens (including phenoxy) is 1. The lowest BCUT2D eigenvalue weighted by Gasteiger charge is -2.12. The Balaban J connectivity index is 0.00000450. The molecule has 0 aliphatic carbocycles. The van der Waals surface area contributed by atoms with Crippen molar-refractivity contribution >= 4 is 29.9 Å². The number of aliphatic imine (C=N–C) groups is 1. The number of nitrogens with zero attached hydrogens (tertiary/aromatic N) is 3. The molecule has 0 unspecified atom stereocenters. The molecule has 0 amide bonds. The molecule has 0 radical (unpaired) electrons. The first-order chi connectivity index (χ1) is 13.8. The maximum atomic E-state index is 12.9. The molecule has 2 aromatic rings. The van der Waals surface area contributed by atoms with Crippen LogP contribution in [0.25, 0.3) is 0 Å². The number of rotatable bonds is 9. The Bertz CT molecular complexity index is 780.